The third kappa shape index (κ3) is 8.76. The Balaban J connectivity index is 1.46. The number of halogens is 1. The summed E-state index contributed by atoms with van der Waals surface area (Å²) >= 11 is 5.94. The Labute approximate surface area is 212 Å². The summed E-state index contributed by atoms with van der Waals surface area (Å²) in [5.74, 6) is 1.82. The van der Waals surface area contributed by atoms with Crippen LogP contribution in [0.2, 0.25) is 5.02 Å². The Bertz CT molecular complexity index is 1110. The van der Waals surface area contributed by atoms with Crippen LogP contribution in [0.4, 0.5) is 0 Å². The Morgan fingerprint density at radius 2 is 1.94 bits per heavy atom. The predicted molar refractivity (Wildman–Crippen MR) is 138 cm³/mol. The summed E-state index contributed by atoms with van der Waals surface area (Å²) in [5.41, 5.74) is 2.48. The van der Waals surface area contributed by atoms with Crippen LogP contribution in [0, 0.1) is 5.92 Å². The van der Waals surface area contributed by atoms with Crippen molar-refractivity contribution in [2.24, 2.45) is 5.92 Å². The molecule has 186 valence electrons. The Kier molecular flexibility index (Phi) is 10.2. The van der Waals surface area contributed by atoms with Gasteiger partial charge in [0, 0.05) is 18.0 Å². The summed E-state index contributed by atoms with van der Waals surface area (Å²) in [6.07, 6.45) is 9.65. The van der Waals surface area contributed by atoms with Crippen molar-refractivity contribution in [2.75, 3.05) is 7.11 Å². The highest BCUT2D eigenvalue weighted by Gasteiger charge is 2.10. The smallest absolute Gasteiger partial charge is 0.220 e. The van der Waals surface area contributed by atoms with E-state index in [1.807, 2.05) is 30.3 Å². The second-order valence-corrected chi connectivity index (χ2v) is 9.04. The number of unbranched alkanes of at least 4 members (excludes halogenated alkanes) is 2. The summed E-state index contributed by atoms with van der Waals surface area (Å²) in [4.78, 5) is 12.2. The van der Waals surface area contributed by atoms with Gasteiger partial charge in [-0.1, -0.05) is 48.9 Å². The van der Waals surface area contributed by atoms with E-state index < -0.39 is 0 Å². The molecule has 35 heavy (non-hydrogen) atoms. The molecule has 7 nitrogen and oxygen atoms in total. The topological polar surface area (TPSA) is 78.3 Å². The first kappa shape index (κ1) is 26.3. The number of carbonyl (C=O) groups excluding carboxylic acids is 1. The highest BCUT2D eigenvalue weighted by molar-refractivity contribution is 6.30. The van der Waals surface area contributed by atoms with Gasteiger partial charge in [0.05, 0.1) is 19.0 Å². The lowest BCUT2D eigenvalue weighted by Crippen LogP contribution is -2.22. The van der Waals surface area contributed by atoms with Crippen LogP contribution in [0.15, 0.2) is 60.8 Å². The van der Waals surface area contributed by atoms with Crippen LogP contribution >= 0.6 is 11.6 Å². The highest BCUT2D eigenvalue weighted by Crippen LogP contribution is 2.28. The fourth-order valence-corrected chi connectivity index (χ4v) is 3.51. The zero-order valence-corrected chi connectivity index (χ0v) is 21.3. The lowest BCUT2D eigenvalue weighted by Gasteiger charge is -2.12. The van der Waals surface area contributed by atoms with Crippen molar-refractivity contribution in [3.63, 3.8) is 0 Å². The Morgan fingerprint density at radius 3 is 2.69 bits per heavy atom. The summed E-state index contributed by atoms with van der Waals surface area (Å²) < 4.78 is 13.1. The maximum absolute atomic E-state index is 12.2. The van der Waals surface area contributed by atoms with E-state index in [9.17, 15) is 4.79 Å². The van der Waals surface area contributed by atoms with Gasteiger partial charge in [0.15, 0.2) is 11.5 Å². The molecule has 0 fully saturated rings. The monoisotopic (exact) mass is 496 g/mol. The molecule has 3 aromatic rings. The molecule has 0 aliphatic heterocycles. The van der Waals surface area contributed by atoms with Gasteiger partial charge in [0.25, 0.3) is 0 Å². The molecule has 1 heterocycles. The zero-order chi connectivity index (χ0) is 25.0. The van der Waals surface area contributed by atoms with E-state index in [0.717, 1.165) is 30.5 Å². The molecule has 0 bridgehead atoms. The molecule has 0 aliphatic rings. The molecule has 1 amide bonds. The summed E-state index contributed by atoms with van der Waals surface area (Å²) in [7, 11) is 1.59. The van der Waals surface area contributed by atoms with E-state index in [1.165, 1.54) is 0 Å². The molecular formula is C27H33ClN4O3. The predicted octanol–water partition coefficient (Wildman–Crippen LogP) is 5.90. The van der Waals surface area contributed by atoms with Crippen LogP contribution in [0.1, 0.15) is 50.8 Å². The number of aromatic nitrogens is 3. The normalized spacial score (nSPS) is 11.2. The minimum atomic E-state index is 0.0564. The first-order chi connectivity index (χ1) is 16.9. The molecule has 2 aromatic carbocycles. The van der Waals surface area contributed by atoms with Gasteiger partial charge in [0.1, 0.15) is 12.3 Å². The van der Waals surface area contributed by atoms with Gasteiger partial charge in [0.2, 0.25) is 5.91 Å². The number of rotatable bonds is 13. The molecule has 1 N–H and O–H groups in total. The maximum atomic E-state index is 12.2. The van der Waals surface area contributed by atoms with E-state index in [-0.39, 0.29) is 12.5 Å². The van der Waals surface area contributed by atoms with Gasteiger partial charge in [-0.2, -0.15) is 0 Å². The minimum absolute atomic E-state index is 0.0564. The van der Waals surface area contributed by atoms with Crippen molar-refractivity contribution < 1.29 is 14.3 Å². The third-order valence-corrected chi connectivity index (χ3v) is 5.52. The molecule has 0 saturated carbocycles. The second kappa shape index (κ2) is 13.5. The molecule has 0 saturated heterocycles. The summed E-state index contributed by atoms with van der Waals surface area (Å²) in [6.45, 7) is 5.01. The van der Waals surface area contributed by atoms with Crippen LogP contribution in [-0.4, -0.2) is 28.0 Å². The molecular weight excluding hydrogens is 464 g/mol. The summed E-state index contributed by atoms with van der Waals surface area (Å²) in [6, 6.07) is 13.0. The molecule has 1 aromatic heterocycles. The Hall–Kier alpha value is -3.32. The van der Waals surface area contributed by atoms with Gasteiger partial charge in [-0.25, -0.2) is 4.68 Å². The molecule has 0 aliphatic carbocycles. The average Bonchev–Trinajstić information content (AvgIpc) is 3.33. The van der Waals surface area contributed by atoms with Crippen LogP contribution in [-0.2, 0) is 17.9 Å². The molecule has 0 radical (unpaired) electrons. The van der Waals surface area contributed by atoms with E-state index in [4.69, 9.17) is 21.1 Å². The van der Waals surface area contributed by atoms with Crippen molar-refractivity contribution in [1.29, 1.82) is 0 Å². The number of amides is 1. The second-order valence-electron chi connectivity index (χ2n) is 8.60. The van der Waals surface area contributed by atoms with E-state index in [0.29, 0.717) is 41.1 Å². The number of allylic oxidation sites excluding steroid dienone is 2. The number of carbonyl (C=O) groups is 1. The fraction of sp³-hybridized carbons (Fsp3) is 0.370. The molecule has 8 heteroatoms. The van der Waals surface area contributed by atoms with Gasteiger partial charge < -0.3 is 14.8 Å². The first-order valence-electron chi connectivity index (χ1n) is 11.8. The minimum Gasteiger partial charge on any atom is -0.493 e. The molecule has 3 rings (SSSR count). The van der Waals surface area contributed by atoms with E-state index >= 15 is 0 Å². The van der Waals surface area contributed by atoms with Gasteiger partial charge in [-0.15, -0.1) is 5.10 Å². The fourth-order valence-electron chi connectivity index (χ4n) is 3.38. The van der Waals surface area contributed by atoms with Crippen molar-refractivity contribution in [2.45, 2.75) is 52.7 Å². The standard InChI is InChI=1S/C27H33ClN4O3/c1-20(2)8-6-4-5-7-9-27(33)29-17-21-10-15-25(26(16-21)34-3)35-19-23-18-32(31-30-23)24-13-11-22(28)12-14-24/h6,8,10-16,18,20H,4-5,7,9,17,19H2,1-3H3,(H,29,33)/b8-6+. The number of nitrogens with zero attached hydrogens (tertiary/aromatic N) is 3. The summed E-state index contributed by atoms with van der Waals surface area (Å²) in [5, 5.41) is 11.9. The third-order valence-electron chi connectivity index (χ3n) is 5.27. The number of benzene rings is 2. The molecule has 0 atom stereocenters. The number of hydrogen-bond acceptors (Lipinski definition) is 5. The first-order valence-corrected chi connectivity index (χ1v) is 12.2. The van der Waals surface area contributed by atoms with E-state index in [1.54, 1.807) is 30.1 Å². The van der Waals surface area contributed by atoms with Crippen LogP contribution in [0.5, 0.6) is 11.5 Å². The number of ether oxygens (including phenoxy) is 2. The maximum Gasteiger partial charge on any atom is 0.220 e. The number of methoxy groups -OCH3 is 1. The van der Waals surface area contributed by atoms with Crippen LogP contribution < -0.4 is 14.8 Å². The van der Waals surface area contributed by atoms with Crippen molar-refractivity contribution in [3.05, 3.63) is 77.1 Å². The zero-order valence-electron chi connectivity index (χ0n) is 20.5. The van der Waals surface area contributed by atoms with Crippen molar-refractivity contribution in [3.8, 4) is 17.2 Å². The van der Waals surface area contributed by atoms with Gasteiger partial charge in [-0.05, 0) is 67.1 Å². The van der Waals surface area contributed by atoms with Crippen molar-refractivity contribution >= 4 is 17.5 Å². The lowest BCUT2D eigenvalue weighted by atomic mass is 10.1. The lowest BCUT2D eigenvalue weighted by molar-refractivity contribution is -0.121. The van der Waals surface area contributed by atoms with E-state index in [2.05, 4.69) is 41.6 Å². The Morgan fingerprint density at radius 1 is 1.14 bits per heavy atom. The van der Waals surface area contributed by atoms with Crippen LogP contribution in [0.3, 0.4) is 0 Å². The van der Waals surface area contributed by atoms with Crippen LogP contribution in [0.25, 0.3) is 5.69 Å². The molecule has 0 unspecified atom stereocenters. The number of hydrogen-bond donors (Lipinski definition) is 1. The largest absolute Gasteiger partial charge is 0.493 e. The number of nitrogens with one attached hydrogen (secondary N) is 1. The molecule has 0 spiro atoms. The van der Waals surface area contributed by atoms with Crippen molar-refractivity contribution in [1.82, 2.24) is 20.3 Å². The van der Waals surface area contributed by atoms with Gasteiger partial charge >= 0.3 is 0 Å². The SMILES string of the molecule is COc1cc(CNC(=O)CCCC/C=C/C(C)C)ccc1OCc1cn(-c2ccc(Cl)cc2)nn1. The quantitative estimate of drug-likeness (QED) is 0.235. The van der Waals surface area contributed by atoms with Gasteiger partial charge in [-0.3, -0.25) is 4.79 Å². The highest BCUT2D eigenvalue weighted by atomic mass is 35.5. The average molecular weight is 497 g/mol.